The van der Waals surface area contributed by atoms with Gasteiger partial charge in [-0.25, -0.2) is 4.98 Å². The molecule has 0 bridgehead atoms. The lowest BCUT2D eigenvalue weighted by atomic mass is 10.4. The van der Waals surface area contributed by atoms with E-state index in [-0.39, 0.29) is 0 Å². The number of aryl methyl sites for hydroxylation is 2. The zero-order valence-corrected chi connectivity index (χ0v) is 8.01. The Bertz CT molecular complexity index is 286. The van der Waals surface area contributed by atoms with E-state index in [0.717, 1.165) is 10.7 Å². The Hall–Kier alpha value is -0.520. The van der Waals surface area contributed by atoms with Crippen molar-refractivity contribution >= 4 is 22.9 Å². The molecule has 0 aliphatic rings. The van der Waals surface area contributed by atoms with E-state index in [2.05, 4.69) is 16.8 Å². The van der Waals surface area contributed by atoms with Crippen molar-refractivity contribution in [3.63, 3.8) is 0 Å². The summed E-state index contributed by atoms with van der Waals surface area (Å²) in [4.78, 5) is 5.46. The van der Waals surface area contributed by atoms with Crippen molar-refractivity contribution in [2.45, 2.75) is 13.8 Å². The fourth-order valence-electron chi connectivity index (χ4n) is 0.635. The number of alkyl halides is 1. The molecule has 0 saturated heterocycles. The molecule has 1 rings (SSSR count). The van der Waals surface area contributed by atoms with Crippen molar-refractivity contribution < 1.29 is 0 Å². The highest BCUT2D eigenvalue weighted by Crippen LogP contribution is 2.14. The van der Waals surface area contributed by atoms with Crippen molar-refractivity contribution in [3.05, 3.63) is 15.6 Å². The van der Waals surface area contributed by atoms with Crippen molar-refractivity contribution in [2.75, 3.05) is 5.88 Å². The molecule has 1 heterocycles. The van der Waals surface area contributed by atoms with Gasteiger partial charge in [0.15, 0.2) is 5.01 Å². The molecule has 0 saturated carbocycles. The molecule has 0 N–H and O–H groups in total. The van der Waals surface area contributed by atoms with Crippen LogP contribution in [0.3, 0.4) is 0 Å². The average Bonchev–Trinajstić information content (AvgIpc) is 2.28. The van der Waals surface area contributed by atoms with Gasteiger partial charge < -0.3 is 0 Å². The Morgan fingerprint density at radius 2 is 2.27 bits per heavy atom. The largest absolute Gasteiger partial charge is 0.233 e. The highest BCUT2D eigenvalue weighted by molar-refractivity contribution is 7.12. The highest BCUT2D eigenvalue weighted by Gasteiger charge is 1.98. The molecule has 0 fully saturated rings. The summed E-state index contributed by atoms with van der Waals surface area (Å²) < 4.78 is 0. The van der Waals surface area contributed by atoms with Gasteiger partial charge >= 0.3 is 0 Å². The zero-order valence-electron chi connectivity index (χ0n) is 6.44. The lowest BCUT2D eigenvalue weighted by Gasteiger charge is -1.77. The maximum absolute atomic E-state index is 5.40. The molecular weight excluding hydrogens is 178 g/mol. The fourth-order valence-corrected chi connectivity index (χ4v) is 1.49. The quantitative estimate of drug-likeness (QED) is 0.447. The van der Waals surface area contributed by atoms with Crippen LogP contribution in [0.25, 0.3) is 0 Å². The smallest absolute Gasteiger partial charge is 0.167 e. The molecule has 3 heteroatoms. The van der Waals surface area contributed by atoms with Gasteiger partial charge in [-0.05, 0) is 19.8 Å². The van der Waals surface area contributed by atoms with Gasteiger partial charge in [-0.15, -0.1) is 22.9 Å². The van der Waals surface area contributed by atoms with E-state index in [1.54, 1.807) is 11.3 Å². The first-order valence-electron chi connectivity index (χ1n) is 3.23. The SMILES string of the molecule is Cc1nc(C#CCCl)sc1C. The molecule has 0 aromatic carbocycles. The lowest BCUT2D eigenvalue weighted by Crippen LogP contribution is -1.74. The molecular formula is C8H8ClNS. The van der Waals surface area contributed by atoms with Crippen LogP contribution in [0.1, 0.15) is 15.6 Å². The Morgan fingerprint density at radius 3 is 2.73 bits per heavy atom. The molecule has 0 amide bonds. The van der Waals surface area contributed by atoms with Gasteiger partial charge in [0, 0.05) is 4.88 Å². The summed E-state index contributed by atoms with van der Waals surface area (Å²) in [5.74, 6) is 6.02. The number of thiazole rings is 1. The molecule has 1 aromatic rings. The number of nitrogens with zero attached hydrogens (tertiary/aromatic N) is 1. The van der Waals surface area contributed by atoms with E-state index in [1.807, 2.05) is 13.8 Å². The van der Waals surface area contributed by atoms with Crippen molar-refractivity contribution in [1.29, 1.82) is 0 Å². The summed E-state index contributed by atoms with van der Waals surface area (Å²) >= 11 is 7.01. The number of aromatic nitrogens is 1. The molecule has 0 atom stereocenters. The van der Waals surface area contributed by atoms with Gasteiger partial charge in [-0.2, -0.15) is 0 Å². The van der Waals surface area contributed by atoms with E-state index in [0.29, 0.717) is 5.88 Å². The second-order valence-electron chi connectivity index (χ2n) is 2.10. The van der Waals surface area contributed by atoms with Crippen LogP contribution in [0.2, 0.25) is 0 Å². The summed E-state index contributed by atoms with van der Waals surface area (Å²) in [6.07, 6.45) is 0. The van der Waals surface area contributed by atoms with Crippen LogP contribution < -0.4 is 0 Å². The van der Waals surface area contributed by atoms with Gasteiger partial charge in [-0.1, -0.05) is 5.92 Å². The van der Waals surface area contributed by atoms with E-state index in [9.17, 15) is 0 Å². The third-order valence-corrected chi connectivity index (χ3v) is 2.41. The van der Waals surface area contributed by atoms with Crippen LogP contribution in [0.4, 0.5) is 0 Å². The number of halogens is 1. The molecule has 11 heavy (non-hydrogen) atoms. The van der Waals surface area contributed by atoms with Crippen LogP contribution in [0.15, 0.2) is 0 Å². The zero-order chi connectivity index (χ0) is 8.27. The van der Waals surface area contributed by atoms with Gasteiger partial charge in [0.1, 0.15) is 0 Å². The summed E-state index contributed by atoms with van der Waals surface area (Å²) in [6, 6.07) is 0. The Balaban J connectivity index is 2.89. The first kappa shape index (κ1) is 8.58. The molecule has 1 nitrogen and oxygen atoms in total. The topological polar surface area (TPSA) is 12.9 Å². The monoisotopic (exact) mass is 185 g/mol. The van der Waals surface area contributed by atoms with E-state index in [4.69, 9.17) is 11.6 Å². The first-order chi connectivity index (χ1) is 5.24. The normalized spacial score (nSPS) is 9.00. The predicted molar refractivity (Wildman–Crippen MR) is 49.2 cm³/mol. The number of hydrogen-bond donors (Lipinski definition) is 0. The number of rotatable bonds is 0. The van der Waals surface area contributed by atoms with Gasteiger partial charge in [0.05, 0.1) is 11.6 Å². The molecule has 0 radical (unpaired) electrons. The molecule has 0 unspecified atom stereocenters. The number of hydrogen-bond acceptors (Lipinski definition) is 2. The van der Waals surface area contributed by atoms with E-state index in [1.165, 1.54) is 4.88 Å². The minimum atomic E-state index is 0.373. The molecule has 0 spiro atoms. The Labute approximate surface area is 75.4 Å². The highest BCUT2D eigenvalue weighted by atomic mass is 35.5. The maximum Gasteiger partial charge on any atom is 0.167 e. The Morgan fingerprint density at radius 1 is 1.55 bits per heavy atom. The van der Waals surface area contributed by atoms with E-state index >= 15 is 0 Å². The van der Waals surface area contributed by atoms with E-state index < -0.39 is 0 Å². The van der Waals surface area contributed by atoms with Gasteiger partial charge in [0.2, 0.25) is 0 Å². The molecule has 58 valence electrons. The van der Waals surface area contributed by atoms with Crippen LogP contribution in [0, 0.1) is 25.7 Å². The summed E-state index contributed by atoms with van der Waals surface area (Å²) in [6.45, 7) is 4.02. The minimum absolute atomic E-state index is 0.373. The second-order valence-corrected chi connectivity index (χ2v) is 3.57. The van der Waals surface area contributed by atoms with Crippen LogP contribution in [-0.4, -0.2) is 10.9 Å². The standard InChI is InChI=1S/C8H8ClNS/c1-6-7(2)11-8(10-6)4-3-5-9/h5H2,1-2H3. The van der Waals surface area contributed by atoms with Crippen LogP contribution in [-0.2, 0) is 0 Å². The summed E-state index contributed by atoms with van der Waals surface area (Å²) in [7, 11) is 0. The van der Waals surface area contributed by atoms with Crippen molar-refractivity contribution in [1.82, 2.24) is 4.98 Å². The third kappa shape index (κ3) is 2.21. The van der Waals surface area contributed by atoms with Gasteiger partial charge in [-0.3, -0.25) is 0 Å². The molecule has 1 aromatic heterocycles. The van der Waals surface area contributed by atoms with Crippen LogP contribution >= 0.6 is 22.9 Å². The summed E-state index contributed by atoms with van der Waals surface area (Å²) in [5.41, 5.74) is 1.06. The Kier molecular flexibility index (Phi) is 2.92. The molecule has 0 aliphatic heterocycles. The van der Waals surface area contributed by atoms with Gasteiger partial charge in [0.25, 0.3) is 0 Å². The molecule has 0 aliphatic carbocycles. The second kappa shape index (κ2) is 3.75. The van der Waals surface area contributed by atoms with Crippen molar-refractivity contribution in [2.24, 2.45) is 0 Å². The lowest BCUT2D eigenvalue weighted by molar-refractivity contribution is 1.22. The minimum Gasteiger partial charge on any atom is -0.233 e. The third-order valence-electron chi connectivity index (χ3n) is 1.29. The fraction of sp³-hybridized carbons (Fsp3) is 0.375. The van der Waals surface area contributed by atoms with Crippen LogP contribution in [0.5, 0.6) is 0 Å². The predicted octanol–water partition coefficient (Wildman–Crippen LogP) is 2.35. The summed E-state index contributed by atoms with van der Waals surface area (Å²) in [5, 5.41) is 0.862. The average molecular weight is 186 g/mol. The van der Waals surface area contributed by atoms with Crippen molar-refractivity contribution in [3.8, 4) is 11.8 Å². The maximum atomic E-state index is 5.40. The first-order valence-corrected chi connectivity index (χ1v) is 4.58.